The van der Waals surface area contributed by atoms with Crippen LogP contribution in [-0.2, 0) is 33.2 Å². The Bertz CT molecular complexity index is 1100. The lowest BCUT2D eigenvalue weighted by atomic mass is 9.77. The molecule has 14 heteroatoms. The van der Waals surface area contributed by atoms with E-state index in [1.54, 1.807) is 34.6 Å². The quantitative estimate of drug-likeness (QED) is 0.238. The molecule has 0 aromatic heterocycles. The summed E-state index contributed by atoms with van der Waals surface area (Å²) in [6.45, 7) is 16.3. The fourth-order valence-electron chi connectivity index (χ4n) is 8.47. The summed E-state index contributed by atoms with van der Waals surface area (Å²) in [4.78, 5) is 18.0. The zero-order valence-corrected chi connectivity index (χ0v) is 33.3. The Balaban J connectivity index is 2.15. The standard InChI is InChI=1S/C37H70N2O12/c1-14-27-37(9,45)32(42)23(6)39(12)18-19(2)17-36(8,44)33(51-35-30(41)25(38(10)11)15-20(3)47-35)21(4)31(22(5)34(43)49-27)50-28-16-26(46-13)29(40)24(7)48-28/h19-33,35,40-42,44-45H,14-18H2,1-13H3/t19-,20-,21+,22-,23-,24+,25+,26-,27?,28+,29+,30-,31+,32-,33-,35+,36-,37-/m1/s1. The summed E-state index contributed by atoms with van der Waals surface area (Å²) in [5, 5.41) is 57.8. The van der Waals surface area contributed by atoms with Crippen molar-refractivity contribution in [2.45, 2.75) is 179 Å². The minimum absolute atomic E-state index is 0.137. The van der Waals surface area contributed by atoms with Crippen LogP contribution in [0.2, 0.25) is 0 Å². The van der Waals surface area contributed by atoms with E-state index in [0.29, 0.717) is 13.0 Å². The summed E-state index contributed by atoms with van der Waals surface area (Å²) in [6.07, 6.45) is -8.57. The maximum absolute atomic E-state index is 14.1. The predicted octanol–water partition coefficient (Wildman–Crippen LogP) is 1.51. The Morgan fingerprint density at radius 2 is 1.59 bits per heavy atom. The molecule has 0 radical (unpaired) electrons. The Hall–Kier alpha value is -1.01. The number of aliphatic hydroxyl groups is 5. The van der Waals surface area contributed by atoms with Crippen LogP contribution in [0.5, 0.6) is 0 Å². The normalized spacial score (nSPS) is 48.9. The van der Waals surface area contributed by atoms with Crippen LogP contribution in [0.25, 0.3) is 0 Å². The second-order valence-corrected chi connectivity index (χ2v) is 16.5. The van der Waals surface area contributed by atoms with Crippen molar-refractivity contribution in [2.75, 3.05) is 34.8 Å². The number of nitrogens with zero attached hydrogens (tertiary/aromatic N) is 2. The van der Waals surface area contributed by atoms with Crippen LogP contribution in [0.4, 0.5) is 0 Å². The van der Waals surface area contributed by atoms with Gasteiger partial charge in [0.05, 0.1) is 42.0 Å². The molecule has 3 fully saturated rings. The van der Waals surface area contributed by atoms with Crippen molar-refractivity contribution in [1.29, 1.82) is 0 Å². The first-order valence-corrected chi connectivity index (χ1v) is 18.8. The van der Waals surface area contributed by atoms with Crippen molar-refractivity contribution in [3.63, 3.8) is 0 Å². The van der Waals surface area contributed by atoms with Gasteiger partial charge in [0, 0.05) is 38.1 Å². The molecule has 3 rings (SSSR count). The highest BCUT2D eigenvalue weighted by atomic mass is 16.7. The topological polar surface area (TPSA) is 180 Å². The fraction of sp³-hybridized carbons (Fsp3) is 0.973. The van der Waals surface area contributed by atoms with Crippen molar-refractivity contribution in [1.82, 2.24) is 9.80 Å². The first-order valence-electron chi connectivity index (χ1n) is 18.8. The van der Waals surface area contributed by atoms with Gasteiger partial charge in [0.15, 0.2) is 12.6 Å². The molecule has 5 N–H and O–H groups in total. The van der Waals surface area contributed by atoms with E-state index in [2.05, 4.69) is 0 Å². The van der Waals surface area contributed by atoms with Gasteiger partial charge in [-0.3, -0.25) is 4.79 Å². The molecule has 0 aliphatic carbocycles. The van der Waals surface area contributed by atoms with Crippen LogP contribution in [-0.4, -0.2) is 167 Å². The fourth-order valence-corrected chi connectivity index (χ4v) is 8.47. The molecular formula is C37H70N2O12. The minimum atomic E-state index is -1.79. The smallest absolute Gasteiger partial charge is 0.311 e. The average Bonchev–Trinajstić information content (AvgIpc) is 3.04. The number of hydrogen-bond donors (Lipinski definition) is 5. The van der Waals surface area contributed by atoms with E-state index in [0.717, 1.165) is 0 Å². The molecule has 51 heavy (non-hydrogen) atoms. The lowest BCUT2D eigenvalue weighted by Crippen LogP contribution is -2.60. The lowest BCUT2D eigenvalue weighted by molar-refractivity contribution is -0.311. The third-order valence-electron chi connectivity index (χ3n) is 11.7. The van der Waals surface area contributed by atoms with Gasteiger partial charge in [0.2, 0.25) is 0 Å². The van der Waals surface area contributed by atoms with E-state index in [-0.39, 0.29) is 37.3 Å². The van der Waals surface area contributed by atoms with E-state index in [9.17, 15) is 30.3 Å². The molecule has 3 heterocycles. The van der Waals surface area contributed by atoms with Gasteiger partial charge in [-0.05, 0) is 87.9 Å². The lowest BCUT2D eigenvalue weighted by Gasteiger charge is -2.48. The number of rotatable bonds is 7. The summed E-state index contributed by atoms with van der Waals surface area (Å²) in [7, 11) is 7.11. The number of esters is 1. The largest absolute Gasteiger partial charge is 0.459 e. The number of carbonyl (C=O) groups is 1. The maximum Gasteiger partial charge on any atom is 0.311 e. The van der Waals surface area contributed by atoms with E-state index in [4.69, 9.17) is 28.4 Å². The van der Waals surface area contributed by atoms with Crippen molar-refractivity contribution >= 4 is 5.97 Å². The zero-order chi connectivity index (χ0) is 38.7. The van der Waals surface area contributed by atoms with Gasteiger partial charge in [0.1, 0.15) is 30.0 Å². The molecule has 3 aliphatic rings. The van der Waals surface area contributed by atoms with Gasteiger partial charge in [-0.25, -0.2) is 0 Å². The third kappa shape index (κ3) is 10.4. The number of carbonyl (C=O) groups excluding carboxylic acids is 1. The first-order chi connectivity index (χ1) is 23.6. The number of hydrogen-bond acceptors (Lipinski definition) is 14. The number of methoxy groups -OCH3 is 1. The third-order valence-corrected chi connectivity index (χ3v) is 11.7. The predicted molar refractivity (Wildman–Crippen MR) is 190 cm³/mol. The highest BCUT2D eigenvalue weighted by Gasteiger charge is 2.51. The van der Waals surface area contributed by atoms with Gasteiger partial charge < -0.3 is 63.8 Å². The van der Waals surface area contributed by atoms with Gasteiger partial charge in [-0.15, -0.1) is 0 Å². The highest BCUT2D eigenvalue weighted by Crippen LogP contribution is 2.39. The van der Waals surface area contributed by atoms with Gasteiger partial charge >= 0.3 is 5.97 Å². The monoisotopic (exact) mass is 734 g/mol. The second kappa shape index (κ2) is 18.1. The van der Waals surface area contributed by atoms with Crippen LogP contribution in [0.1, 0.15) is 88.0 Å². The summed E-state index contributed by atoms with van der Waals surface area (Å²) in [5.41, 5.74) is -3.34. The molecule has 0 aromatic rings. The first kappa shape index (κ1) is 44.4. The van der Waals surface area contributed by atoms with E-state index in [1.807, 2.05) is 51.7 Å². The molecular weight excluding hydrogens is 664 g/mol. The number of likely N-dealkylation sites (N-methyl/N-ethyl adjacent to an activating group) is 2. The molecule has 0 saturated carbocycles. The summed E-state index contributed by atoms with van der Waals surface area (Å²) >= 11 is 0. The van der Waals surface area contributed by atoms with Crippen LogP contribution >= 0.6 is 0 Å². The minimum Gasteiger partial charge on any atom is -0.459 e. The molecule has 0 aromatic carbocycles. The Morgan fingerprint density at radius 1 is 0.961 bits per heavy atom. The van der Waals surface area contributed by atoms with Crippen LogP contribution in [0, 0.1) is 17.8 Å². The Kier molecular flexibility index (Phi) is 15.7. The van der Waals surface area contributed by atoms with Crippen LogP contribution < -0.4 is 0 Å². The number of aliphatic hydroxyl groups excluding tert-OH is 3. The highest BCUT2D eigenvalue weighted by molar-refractivity contribution is 5.73. The molecule has 14 nitrogen and oxygen atoms in total. The van der Waals surface area contributed by atoms with E-state index < -0.39 is 96.5 Å². The zero-order valence-electron chi connectivity index (χ0n) is 33.3. The van der Waals surface area contributed by atoms with Gasteiger partial charge in [0.25, 0.3) is 0 Å². The molecule has 18 atom stereocenters. The number of ether oxygens (including phenoxy) is 6. The van der Waals surface area contributed by atoms with Crippen molar-refractivity contribution in [3.8, 4) is 0 Å². The SMILES string of the molecule is CCC1OC(=O)[C@H](C)[C@@H](O[C@H]2C[C@@H](OC)[C@@H](O)[C@H](C)O2)[C@H](C)[C@@H](O[C@@H]2O[C@H](C)C[C@H](N(C)C)[C@H]2O)[C@](C)(O)C[C@@H](C)CN(C)[C@H](C)[C@@H](O)[C@]1(C)O. The van der Waals surface area contributed by atoms with Crippen LogP contribution in [0.15, 0.2) is 0 Å². The molecule has 3 aliphatic heterocycles. The Morgan fingerprint density at radius 3 is 2.16 bits per heavy atom. The summed E-state index contributed by atoms with van der Waals surface area (Å²) < 4.78 is 37.2. The summed E-state index contributed by atoms with van der Waals surface area (Å²) in [5.74, 6) is -2.55. The average molecular weight is 735 g/mol. The van der Waals surface area contributed by atoms with Crippen molar-refractivity contribution < 1.29 is 58.7 Å². The van der Waals surface area contributed by atoms with E-state index in [1.165, 1.54) is 14.0 Å². The molecule has 3 saturated heterocycles. The molecule has 1 unspecified atom stereocenters. The molecule has 0 spiro atoms. The van der Waals surface area contributed by atoms with Crippen LogP contribution in [0.3, 0.4) is 0 Å². The molecule has 300 valence electrons. The maximum atomic E-state index is 14.1. The number of cyclic esters (lactones) is 1. The second-order valence-electron chi connectivity index (χ2n) is 16.5. The molecule has 0 bridgehead atoms. The van der Waals surface area contributed by atoms with E-state index >= 15 is 0 Å². The van der Waals surface area contributed by atoms with Crippen molar-refractivity contribution in [3.05, 3.63) is 0 Å². The molecule has 0 amide bonds. The van der Waals surface area contributed by atoms with Gasteiger partial charge in [-0.1, -0.05) is 20.8 Å². The summed E-state index contributed by atoms with van der Waals surface area (Å²) in [6, 6.07) is -0.800. The van der Waals surface area contributed by atoms with Crippen molar-refractivity contribution in [2.24, 2.45) is 17.8 Å². The Labute approximate surface area is 305 Å². The van der Waals surface area contributed by atoms with Gasteiger partial charge in [-0.2, -0.15) is 0 Å².